The van der Waals surface area contributed by atoms with Crippen LogP contribution in [0.15, 0.2) is 18.2 Å². The maximum Gasteiger partial charge on any atom is 0.165 e. The highest BCUT2D eigenvalue weighted by molar-refractivity contribution is 5.31. The Labute approximate surface area is 107 Å². The van der Waals surface area contributed by atoms with Crippen molar-refractivity contribution in [1.29, 1.82) is 0 Å². The zero-order valence-corrected chi connectivity index (χ0v) is 10.7. The molecule has 1 saturated heterocycles. The van der Waals surface area contributed by atoms with Crippen LogP contribution in [0.1, 0.15) is 37.4 Å². The molecule has 2 rings (SSSR count). The zero-order chi connectivity index (χ0) is 13.0. The molecule has 18 heavy (non-hydrogen) atoms. The van der Waals surface area contributed by atoms with Crippen molar-refractivity contribution in [2.24, 2.45) is 0 Å². The maximum atomic E-state index is 13.6. The predicted octanol–water partition coefficient (Wildman–Crippen LogP) is 2.40. The molecule has 0 spiro atoms. The van der Waals surface area contributed by atoms with Crippen molar-refractivity contribution in [3.63, 3.8) is 0 Å². The second-order valence-corrected chi connectivity index (χ2v) is 4.75. The van der Waals surface area contributed by atoms with Gasteiger partial charge in [0.1, 0.15) is 0 Å². The Kier molecular flexibility index (Phi) is 4.55. The van der Waals surface area contributed by atoms with Gasteiger partial charge in [-0.05, 0) is 37.1 Å². The van der Waals surface area contributed by atoms with Crippen LogP contribution in [0.3, 0.4) is 0 Å². The van der Waals surface area contributed by atoms with E-state index in [1.54, 1.807) is 12.1 Å². The van der Waals surface area contributed by atoms with Gasteiger partial charge in [0.2, 0.25) is 0 Å². The van der Waals surface area contributed by atoms with Gasteiger partial charge >= 0.3 is 0 Å². The van der Waals surface area contributed by atoms with Crippen LogP contribution in [-0.4, -0.2) is 24.8 Å². The Morgan fingerprint density at radius 3 is 2.94 bits per heavy atom. The van der Waals surface area contributed by atoms with Crippen LogP contribution in [-0.2, 0) is 0 Å². The Bertz CT molecular complexity index is 389. The van der Waals surface area contributed by atoms with Gasteiger partial charge in [-0.2, -0.15) is 0 Å². The van der Waals surface area contributed by atoms with Gasteiger partial charge in [0.05, 0.1) is 13.2 Å². The van der Waals surface area contributed by atoms with E-state index in [0.29, 0.717) is 5.56 Å². The van der Waals surface area contributed by atoms with Crippen LogP contribution in [0.2, 0.25) is 0 Å². The van der Waals surface area contributed by atoms with Crippen LogP contribution in [0, 0.1) is 5.82 Å². The molecule has 4 heteroatoms. The van der Waals surface area contributed by atoms with Gasteiger partial charge in [-0.3, -0.25) is 0 Å². The fourth-order valence-electron chi connectivity index (χ4n) is 2.42. The second kappa shape index (κ2) is 6.16. The summed E-state index contributed by atoms with van der Waals surface area (Å²) < 4.78 is 18.5. The fraction of sp³-hybridized carbons (Fsp3) is 0.571. The molecule has 1 aliphatic heterocycles. The number of benzene rings is 1. The average Bonchev–Trinajstić information content (AvgIpc) is 2.66. The van der Waals surface area contributed by atoms with E-state index < -0.39 is 11.9 Å². The Balaban J connectivity index is 2.11. The molecule has 0 saturated carbocycles. The van der Waals surface area contributed by atoms with Crippen molar-refractivity contribution >= 4 is 0 Å². The highest BCUT2D eigenvalue weighted by Gasteiger charge is 2.22. The standard InChI is InChI=1S/C14H20FNO2/c1-18-13-7-6-10(9-11(13)15)14(17)12-5-3-2-4-8-16-12/h6-7,9,12,14,16-17H,2-5,8H2,1H3. The van der Waals surface area contributed by atoms with Gasteiger partial charge in [0.15, 0.2) is 11.6 Å². The van der Waals surface area contributed by atoms with Crippen LogP contribution in [0.5, 0.6) is 5.75 Å². The van der Waals surface area contributed by atoms with E-state index in [1.165, 1.54) is 19.6 Å². The van der Waals surface area contributed by atoms with Gasteiger partial charge in [-0.1, -0.05) is 18.9 Å². The van der Waals surface area contributed by atoms with Crippen molar-refractivity contribution in [3.05, 3.63) is 29.6 Å². The first kappa shape index (κ1) is 13.3. The molecule has 0 amide bonds. The maximum absolute atomic E-state index is 13.6. The monoisotopic (exact) mass is 253 g/mol. The summed E-state index contributed by atoms with van der Waals surface area (Å²) in [6.07, 6.45) is 3.69. The largest absolute Gasteiger partial charge is 0.494 e. The number of rotatable bonds is 3. The van der Waals surface area contributed by atoms with Crippen molar-refractivity contribution in [2.75, 3.05) is 13.7 Å². The first-order valence-electron chi connectivity index (χ1n) is 6.47. The molecule has 1 aliphatic rings. The molecule has 100 valence electrons. The molecule has 1 heterocycles. The fourth-order valence-corrected chi connectivity index (χ4v) is 2.42. The summed E-state index contributed by atoms with van der Waals surface area (Å²) in [5.74, 6) is -0.220. The molecule has 0 aliphatic carbocycles. The molecule has 1 aromatic rings. The van der Waals surface area contributed by atoms with E-state index in [-0.39, 0.29) is 11.8 Å². The van der Waals surface area contributed by atoms with E-state index in [9.17, 15) is 9.50 Å². The quantitative estimate of drug-likeness (QED) is 0.869. The molecule has 0 bridgehead atoms. The van der Waals surface area contributed by atoms with Crippen LogP contribution in [0.25, 0.3) is 0 Å². The van der Waals surface area contributed by atoms with E-state index in [0.717, 1.165) is 25.8 Å². The average molecular weight is 253 g/mol. The summed E-state index contributed by atoms with van der Waals surface area (Å²) in [5, 5.41) is 13.6. The third-order valence-corrected chi connectivity index (χ3v) is 3.50. The summed E-state index contributed by atoms with van der Waals surface area (Å²) in [5.41, 5.74) is 0.604. The minimum atomic E-state index is -0.663. The minimum absolute atomic E-state index is 0.0142. The lowest BCUT2D eigenvalue weighted by atomic mass is 9.98. The van der Waals surface area contributed by atoms with Gasteiger partial charge in [0.25, 0.3) is 0 Å². The highest BCUT2D eigenvalue weighted by Crippen LogP contribution is 2.26. The van der Waals surface area contributed by atoms with Gasteiger partial charge in [0, 0.05) is 6.04 Å². The van der Waals surface area contributed by atoms with E-state index in [1.807, 2.05) is 0 Å². The molecule has 1 aromatic carbocycles. The molecular formula is C14H20FNO2. The predicted molar refractivity (Wildman–Crippen MR) is 68.2 cm³/mol. The summed E-state index contributed by atoms with van der Waals surface area (Å²) >= 11 is 0. The van der Waals surface area contributed by atoms with Crippen LogP contribution >= 0.6 is 0 Å². The van der Waals surface area contributed by atoms with Gasteiger partial charge in [-0.15, -0.1) is 0 Å². The smallest absolute Gasteiger partial charge is 0.165 e. The summed E-state index contributed by atoms with van der Waals surface area (Å²) in [6.45, 7) is 0.917. The van der Waals surface area contributed by atoms with Crippen LogP contribution < -0.4 is 10.1 Å². The number of methoxy groups -OCH3 is 1. The Morgan fingerprint density at radius 2 is 2.22 bits per heavy atom. The zero-order valence-electron chi connectivity index (χ0n) is 10.7. The molecule has 2 unspecified atom stereocenters. The third-order valence-electron chi connectivity index (χ3n) is 3.50. The number of nitrogens with one attached hydrogen (secondary N) is 1. The van der Waals surface area contributed by atoms with Gasteiger partial charge < -0.3 is 15.2 Å². The van der Waals surface area contributed by atoms with E-state index >= 15 is 0 Å². The molecule has 0 aromatic heterocycles. The molecule has 3 nitrogen and oxygen atoms in total. The third kappa shape index (κ3) is 3.00. The number of hydrogen-bond acceptors (Lipinski definition) is 3. The van der Waals surface area contributed by atoms with Gasteiger partial charge in [-0.25, -0.2) is 4.39 Å². The molecule has 1 fully saturated rings. The second-order valence-electron chi connectivity index (χ2n) is 4.75. The van der Waals surface area contributed by atoms with E-state index in [2.05, 4.69) is 5.32 Å². The normalized spacial score (nSPS) is 22.3. The molecule has 2 atom stereocenters. The summed E-state index contributed by atoms with van der Waals surface area (Å²) in [7, 11) is 1.43. The topological polar surface area (TPSA) is 41.5 Å². The van der Waals surface area contributed by atoms with Crippen molar-refractivity contribution < 1.29 is 14.2 Å². The lowest BCUT2D eigenvalue weighted by Gasteiger charge is -2.23. The molecule has 0 radical (unpaired) electrons. The lowest BCUT2D eigenvalue weighted by Crippen LogP contribution is -2.34. The lowest BCUT2D eigenvalue weighted by molar-refractivity contribution is 0.126. The number of halogens is 1. The highest BCUT2D eigenvalue weighted by atomic mass is 19.1. The number of hydrogen-bond donors (Lipinski definition) is 2. The summed E-state index contributed by atoms with van der Waals surface area (Å²) in [6, 6.07) is 4.65. The Hall–Kier alpha value is -1.13. The molecular weight excluding hydrogens is 233 g/mol. The number of aliphatic hydroxyl groups excluding tert-OH is 1. The van der Waals surface area contributed by atoms with Crippen molar-refractivity contribution in [1.82, 2.24) is 5.32 Å². The first-order valence-corrected chi connectivity index (χ1v) is 6.47. The van der Waals surface area contributed by atoms with Crippen molar-refractivity contribution in [2.45, 2.75) is 37.8 Å². The minimum Gasteiger partial charge on any atom is -0.494 e. The SMILES string of the molecule is COc1ccc(C(O)C2CCCCCN2)cc1F. The summed E-state index contributed by atoms with van der Waals surface area (Å²) in [4.78, 5) is 0. The first-order chi connectivity index (χ1) is 8.72. The number of aliphatic hydroxyl groups is 1. The Morgan fingerprint density at radius 1 is 1.39 bits per heavy atom. The van der Waals surface area contributed by atoms with E-state index in [4.69, 9.17) is 4.74 Å². The van der Waals surface area contributed by atoms with Crippen LogP contribution in [0.4, 0.5) is 4.39 Å². The van der Waals surface area contributed by atoms with Crippen molar-refractivity contribution in [3.8, 4) is 5.75 Å². The number of ether oxygens (including phenoxy) is 1. The molecule has 2 N–H and O–H groups in total.